The monoisotopic (exact) mass is 281 g/mol. The van der Waals surface area contributed by atoms with Crippen molar-refractivity contribution in [3.63, 3.8) is 0 Å². The van der Waals surface area contributed by atoms with E-state index in [4.69, 9.17) is 4.74 Å². The lowest BCUT2D eigenvalue weighted by atomic mass is 10.1. The molecule has 1 amide bonds. The van der Waals surface area contributed by atoms with Crippen LogP contribution < -0.4 is 0 Å². The maximum atomic E-state index is 12.3. The smallest absolute Gasteiger partial charge is 0.325 e. The van der Waals surface area contributed by atoms with Crippen LogP contribution in [0, 0.1) is 0 Å². The highest BCUT2D eigenvalue weighted by atomic mass is 16.5. The zero-order chi connectivity index (χ0) is 15.3. The predicted octanol–water partition coefficient (Wildman–Crippen LogP) is 1.51. The van der Waals surface area contributed by atoms with Crippen LogP contribution in [0.2, 0.25) is 0 Å². The van der Waals surface area contributed by atoms with Gasteiger partial charge < -0.3 is 19.8 Å². The average Bonchev–Trinajstić information content (AvgIpc) is 2.35. The SMILES string of the molecule is CCOC(=O)CN(C(=O)c1ccc(O)cc1O)C(C)C. The fourth-order valence-electron chi connectivity index (χ4n) is 1.69. The number of carbonyl (C=O) groups is 2. The number of esters is 1. The minimum atomic E-state index is -0.507. The lowest BCUT2D eigenvalue weighted by Crippen LogP contribution is -2.41. The molecule has 0 atom stereocenters. The molecule has 0 heterocycles. The second kappa shape index (κ2) is 6.79. The summed E-state index contributed by atoms with van der Waals surface area (Å²) in [4.78, 5) is 25.1. The molecule has 110 valence electrons. The molecule has 1 aromatic carbocycles. The quantitative estimate of drug-likeness (QED) is 0.799. The van der Waals surface area contributed by atoms with Crippen molar-refractivity contribution >= 4 is 11.9 Å². The van der Waals surface area contributed by atoms with Gasteiger partial charge in [-0.1, -0.05) is 0 Å². The topological polar surface area (TPSA) is 87.1 Å². The van der Waals surface area contributed by atoms with E-state index < -0.39 is 11.9 Å². The molecule has 0 aliphatic heterocycles. The predicted molar refractivity (Wildman–Crippen MR) is 72.6 cm³/mol. The van der Waals surface area contributed by atoms with Gasteiger partial charge in [-0.15, -0.1) is 0 Å². The first-order valence-electron chi connectivity index (χ1n) is 6.35. The molecule has 0 radical (unpaired) electrons. The number of carbonyl (C=O) groups excluding carboxylic acids is 2. The summed E-state index contributed by atoms with van der Waals surface area (Å²) in [5.74, 6) is -1.47. The largest absolute Gasteiger partial charge is 0.508 e. The van der Waals surface area contributed by atoms with Gasteiger partial charge in [0.05, 0.1) is 12.2 Å². The maximum Gasteiger partial charge on any atom is 0.325 e. The Labute approximate surface area is 117 Å². The van der Waals surface area contributed by atoms with Gasteiger partial charge >= 0.3 is 5.97 Å². The number of amides is 1. The van der Waals surface area contributed by atoms with Crippen LogP contribution in [0.5, 0.6) is 11.5 Å². The number of hydrogen-bond acceptors (Lipinski definition) is 5. The Balaban J connectivity index is 2.96. The number of aromatic hydroxyl groups is 2. The highest BCUT2D eigenvalue weighted by Crippen LogP contribution is 2.24. The van der Waals surface area contributed by atoms with Gasteiger partial charge in [0.25, 0.3) is 5.91 Å². The fraction of sp³-hybridized carbons (Fsp3) is 0.429. The zero-order valence-corrected chi connectivity index (χ0v) is 11.8. The van der Waals surface area contributed by atoms with Crippen molar-refractivity contribution in [1.82, 2.24) is 4.90 Å². The molecule has 0 fully saturated rings. The van der Waals surface area contributed by atoms with Gasteiger partial charge in [0, 0.05) is 12.1 Å². The molecule has 0 unspecified atom stereocenters. The molecule has 6 heteroatoms. The zero-order valence-electron chi connectivity index (χ0n) is 11.8. The second-order valence-corrected chi connectivity index (χ2v) is 4.53. The van der Waals surface area contributed by atoms with Crippen molar-refractivity contribution in [2.75, 3.05) is 13.2 Å². The first-order chi connectivity index (χ1) is 9.36. The van der Waals surface area contributed by atoms with Crippen LogP contribution in [0.15, 0.2) is 18.2 Å². The van der Waals surface area contributed by atoms with Gasteiger partial charge in [0.15, 0.2) is 0 Å². The normalized spacial score (nSPS) is 10.4. The minimum absolute atomic E-state index is 0.0285. The summed E-state index contributed by atoms with van der Waals surface area (Å²) in [5, 5.41) is 18.9. The lowest BCUT2D eigenvalue weighted by Gasteiger charge is -2.26. The summed E-state index contributed by atoms with van der Waals surface area (Å²) in [7, 11) is 0. The highest BCUT2D eigenvalue weighted by molar-refractivity contribution is 5.98. The van der Waals surface area contributed by atoms with Crippen molar-refractivity contribution in [1.29, 1.82) is 0 Å². The van der Waals surface area contributed by atoms with E-state index in [0.717, 1.165) is 6.07 Å². The van der Waals surface area contributed by atoms with Crippen LogP contribution in [-0.4, -0.2) is 46.2 Å². The van der Waals surface area contributed by atoms with Crippen LogP contribution in [0.1, 0.15) is 31.1 Å². The van der Waals surface area contributed by atoms with Crippen molar-refractivity contribution in [2.24, 2.45) is 0 Å². The van der Waals surface area contributed by atoms with E-state index in [0.29, 0.717) is 0 Å². The third-order valence-corrected chi connectivity index (χ3v) is 2.70. The summed E-state index contributed by atoms with van der Waals surface area (Å²) in [6.07, 6.45) is 0. The molecule has 0 aromatic heterocycles. The third-order valence-electron chi connectivity index (χ3n) is 2.70. The summed E-state index contributed by atoms with van der Waals surface area (Å²) in [6.45, 7) is 5.25. The molecule has 20 heavy (non-hydrogen) atoms. The number of phenolic OH excluding ortho intramolecular Hbond substituents is 2. The molecular formula is C14H19NO5. The number of phenols is 2. The van der Waals surface area contributed by atoms with Crippen LogP contribution in [0.25, 0.3) is 0 Å². The number of rotatable bonds is 5. The molecule has 2 N–H and O–H groups in total. The summed E-state index contributed by atoms with van der Waals surface area (Å²) >= 11 is 0. The molecule has 6 nitrogen and oxygen atoms in total. The van der Waals surface area contributed by atoms with Crippen LogP contribution >= 0.6 is 0 Å². The molecule has 0 aliphatic rings. The molecule has 0 aliphatic carbocycles. The second-order valence-electron chi connectivity index (χ2n) is 4.53. The van der Waals surface area contributed by atoms with Crippen molar-refractivity contribution in [3.05, 3.63) is 23.8 Å². The number of hydrogen-bond donors (Lipinski definition) is 2. The first kappa shape index (κ1) is 15.8. The van der Waals surface area contributed by atoms with Crippen LogP contribution in [-0.2, 0) is 9.53 Å². The van der Waals surface area contributed by atoms with E-state index in [9.17, 15) is 19.8 Å². The van der Waals surface area contributed by atoms with Gasteiger partial charge in [-0.3, -0.25) is 9.59 Å². The van der Waals surface area contributed by atoms with Crippen molar-refractivity contribution < 1.29 is 24.5 Å². The van der Waals surface area contributed by atoms with E-state index in [1.54, 1.807) is 20.8 Å². The van der Waals surface area contributed by atoms with Gasteiger partial charge in [-0.05, 0) is 32.9 Å². The van der Waals surface area contributed by atoms with Gasteiger partial charge in [0.2, 0.25) is 0 Å². The highest BCUT2D eigenvalue weighted by Gasteiger charge is 2.24. The molecule has 0 saturated carbocycles. The Morgan fingerprint density at radius 2 is 1.95 bits per heavy atom. The summed E-state index contributed by atoms with van der Waals surface area (Å²) < 4.78 is 4.82. The fourth-order valence-corrected chi connectivity index (χ4v) is 1.69. The van der Waals surface area contributed by atoms with Gasteiger partial charge in [-0.25, -0.2) is 0 Å². The minimum Gasteiger partial charge on any atom is -0.508 e. The van der Waals surface area contributed by atoms with Crippen LogP contribution in [0.4, 0.5) is 0 Å². The molecule has 0 spiro atoms. The Kier molecular flexibility index (Phi) is 5.37. The Morgan fingerprint density at radius 3 is 2.45 bits per heavy atom. The van der Waals surface area contributed by atoms with E-state index in [2.05, 4.69) is 0 Å². The van der Waals surface area contributed by atoms with Gasteiger partial charge in [0.1, 0.15) is 18.0 Å². The van der Waals surface area contributed by atoms with E-state index in [1.165, 1.54) is 17.0 Å². The van der Waals surface area contributed by atoms with E-state index >= 15 is 0 Å². The Bertz CT molecular complexity index is 498. The Morgan fingerprint density at radius 1 is 1.30 bits per heavy atom. The van der Waals surface area contributed by atoms with Crippen molar-refractivity contribution in [2.45, 2.75) is 26.8 Å². The Hall–Kier alpha value is -2.24. The molecule has 1 rings (SSSR count). The molecule has 0 bridgehead atoms. The number of ether oxygens (including phenoxy) is 1. The number of benzene rings is 1. The molecule has 1 aromatic rings. The molecule has 0 saturated heterocycles. The third kappa shape index (κ3) is 3.88. The standard InChI is InChI=1S/C14H19NO5/c1-4-20-13(18)8-15(9(2)3)14(19)11-6-5-10(16)7-12(11)17/h5-7,9,16-17H,4,8H2,1-3H3. The maximum absolute atomic E-state index is 12.3. The lowest BCUT2D eigenvalue weighted by molar-refractivity contribution is -0.144. The van der Waals surface area contributed by atoms with E-state index in [1.807, 2.05) is 0 Å². The molecular weight excluding hydrogens is 262 g/mol. The number of nitrogens with zero attached hydrogens (tertiary/aromatic N) is 1. The van der Waals surface area contributed by atoms with E-state index in [-0.39, 0.29) is 36.3 Å². The average molecular weight is 281 g/mol. The van der Waals surface area contributed by atoms with Crippen molar-refractivity contribution in [3.8, 4) is 11.5 Å². The summed E-state index contributed by atoms with van der Waals surface area (Å²) in [5.41, 5.74) is 0.0285. The summed E-state index contributed by atoms with van der Waals surface area (Å²) in [6, 6.07) is 3.46. The first-order valence-corrected chi connectivity index (χ1v) is 6.35. The van der Waals surface area contributed by atoms with Crippen LogP contribution in [0.3, 0.4) is 0 Å². The van der Waals surface area contributed by atoms with Gasteiger partial charge in [-0.2, -0.15) is 0 Å².